The van der Waals surface area contributed by atoms with Crippen molar-refractivity contribution in [3.63, 3.8) is 0 Å². The second-order valence-electron chi connectivity index (χ2n) is 11.4. The first kappa shape index (κ1) is 36.5. The average Bonchev–Trinajstić information content (AvgIpc) is 3.98. The molecule has 0 amide bonds. The average molecular weight is 667 g/mol. The van der Waals surface area contributed by atoms with E-state index in [4.69, 9.17) is 26.8 Å². The monoisotopic (exact) mass is 665 g/mol. The largest absolute Gasteiger partial charge is 0.462 e. The maximum atomic E-state index is 11.6. The number of aryl methyl sites for hydroxylation is 2. The molecule has 4 aromatic rings. The maximum absolute atomic E-state index is 11.6. The summed E-state index contributed by atoms with van der Waals surface area (Å²) in [6, 6.07) is 17.3. The van der Waals surface area contributed by atoms with Crippen molar-refractivity contribution in [2.45, 2.75) is 70.8 Å². The van der Waals surface area contributed by atoms with Gasteiger partial charge in [-0.25, -0.2) is 29.5 Å². The number of nitrogens with two attached hydrogens (primary N) is 1. The highest BCUT2D eigenvalue weighted by molar-refractivity contribution is 6.28. The maximum Gasteiger partial charge on any atom is 0.341 e. The van der Waals surface area contributed by atoms with Crippen molar-refractivity contribution in [1.82, 2.24) is 19.9 Å². The number of aromatic nitrogens is 4. The molecule has 9 nitrogen and oxygen atoms in total. The molecule has 0 atom stereocenters. The summed E-state index contributed by atoms with van der Waals surface area (Å²) in [6.45, 7) is 8.40. The molecule has 11 heteroatoms. The van der Waals surface area contributed by atoms with Crippen LogP contribution in [-0.2, 0) is 26.8 Å². The summed E-state index contributed by atoms with van der Waals surface area (Å²) in [6.07, 6.45) is 11.2. The van der Waals surface area contributed by atoms with Gasteiger partial charge in [-0.15, -0.1) is 12.4 Å². The Hall–Kier alpha value is -3.92. The van der Waals surface area contributed by atoms with Crippen LogP contribution in [0.3, 0.4) is 0 Å². The fourth-order valence-corrected chi connectivity index (χ4v) is 4.73. The van der Waals surface area contributed by atoms with Gasteiger partial charge in [0.15, 0.2) is 0 Å². The number of hydrogen-bond donors (Lipinski definition) is 1. The zero-order valence-electron chi connectivity index (χ0n) is 26.7. The smallest absolute Gasteiger partial charge is 0.341 e. The van der Waals surface area contributed by atoms with Crippen molar-refractivity contribution in [3.05, 3.63) is 118 Å². The Morgan fingerprint density at radius 2 is 1.13 bits per heavy atom. The van der Waals surface area contributed by atoms with Gasteiger partial charge in [-0.3, -0.25) is 0 Å². The molecule has 2 heterocycles. The van der Waals surface area contributed by atoms with Gasteiger partial charge in [0, 0.05) is 42.2 Å². The van der Waals surface area contributed by atoms with Crippen molar-refractivity contribution in [2.75, 3.05) is 13.2 Å². The van der Waals surface area contributed by atoms with E-state index in [9.17, 15) is 9.59 Å². The van der Waals surface area contributed by atoms with E-state index in [0.29, 0.717) is 24.3 Å². The first-order valence-corrected chi connectivity index (χ1v) is 15.5. The van der Waals surface area contributed by atoms with Gasteiger partial charge in [0.25, 0.3) is 0 Å². The van der Waals surface area contributed by atoms with Gasteiger partial charge in [0.1, 0.15) is 5.82 Å². The highest BCUT2D eigenvalue weighted by atomic mass is 35.5. The molecule has 2 aromatic carbocycles. The number of carbonyl (C=O) groups excluding carboxylic acids is 2. The minimum absolute atomic E-state index is 0. The standard InChI is InChI=1S/C18H20N2O2.C10H13N.C7H7ClN2O2.ClH/c1-3-22-17(21)14-11-19-16(20-12-14)10-18(8-9-18)15-6-4-13(2)5-7-15;1-8-2-4-9(5-3-8)10(11)6-7-10;1-2-12-6(11)5-3-9-7(8)10-4-5;/h4-7,11-12H,3,8-10H2,1-2H3;2-5H,6-7,11H2,1H3;3-4H,2H2,1H3;1H. The Morgan fingerprint density at radius 1 is 0.717 bits per heavy atom. The van der Waals surface area contributed by atoms with E-state index in [0.717, 1.165) is 25.1 Å². The molecule has 0 radical (unpaired) electrons. The second-order valence-corrected chi connectivity index (χ2v) is 11.8. The molecule has 2 aliphatic carbocycles. The lowest BCUT2D eigenvalue weighted by atomic mass is 9.91. The Balaban J connectivity index is 0.000000203. The van der Waals surface area contributed by atoms with Crippen LogP contribution in [-0.4, -0.2) is 45.1 Å². The van der Waals surface area contributed by atoms with Crippen LogP contribution < -0.4 is 5.73 Å². The molecule has 2 fully saturated rings. The summed E-state index contributed by atoms with van der Waals surface area (Å²) in [5.41, 5.74) is 12.2. The fourth-order valence-electron chi connectivity index (χ4n) is 4.64. The van der Waals surface area contributed by atoms with Crippen LogP contribution in [0.25, 0.3) is 0 Å². The van der Waals surface area contributed by atoms with Gasteiger partial charge in [0.05, 0.1) is 24.3 Å². The molecular weight excluding hydrogens is 625 g/mol. The number of halogens is 2. The molecule has 0 aliphatic heterocycles. The first-order valence-electron chi connectivity index (χ1n) is 15.1. The van der Waals surface area contributed by atoms with E-state index in [1.165, 1.54) is 47.5 Å². The molecule has 2 aliphatic rings. The summed E-state index contributed by atoms with van der Waals surface area (Å²) in [4.78, 5) is 38.6. The van der Waals surface area contributed by atoms with Crippen LogP contribution >= 0.6 is 24.0 Å². The summed E-state index contributed by atoms with van der Waals surface area (Å²) < 4.78 is 9.65. The van der Waals surface area contributed by atoms with Crippen LogP contribution in [0.15, 0.2) is 73.3 Å². The Kier molecular flexibility index (Phi) is 13.2. The quantitative estimate of drug-likeness (QED) is 0.158. The lowest BCUT2D eigenvalue weighted by Gasteiger charge is -2.15. The number of benzene rings is 2. The van der Waals surface area contributed by atoms with Gasteiger partial charge in [-0.1, -0.05) is 59.7 Å². The molecule has 46 heavy (non-hydrogen) atoms. The van der Waals surface area contributed by atoms with E-state index in [1.807, 2.05) is 0 Å². The van der Waals surface area contributed by atoms with Crippen molar-refractivity contribution >= 4 is 35.9 Å². The van der Waals surface area contributed by atoms with E-state index < -0.39 is 5.97 Å². The van der Waals surface area contributed by atoms with Crippen molar-refractivity contribution in [3.8, 4) is 0 Å². The third kappa shape index (κ3) is 10.3. The highest BCUT2D eigenvalue weighted by Gasteiger charge is 2.44. The number of rotatable bonds is 8. The van der Waals surface area contributed by atoms with Crippen LogP contribution in [0.4, 0.5) is 0 Å². The first-order chi connectivity index (χ1) is 21.6. The summed E-state index contributed by atoms with van der Waals surface area (Å²) in [5.74, 6) is -0.0194. The van der Waals surface area contributed by atoms with E-state index in [-0.39, 0.29) is 34.6 Å². The van der Waals surface area contributed by atoms with Gasteiger partial charge >= 0.3 is 11.9 Å². The minimum atomic E-state index is -0.436. The molecular formula is C35H41Cl2N5O4. The Bertz CT molecular complexity index is 1560. The van der Waals surface area contributed by atoms with Crippen LogP contribution in [0.5, 0.6) is 0 Å². The minimum Gasteiger partial charge on any atom is -0.462 e. The van der Waals surface area contributed by atoms with E-state index in [2.05, 4.69) is 82.3 Å². The number of ether oxygens (including phenoxy) is 2. The normalized spacial score (nSPS) is 14.6. The summed E-state index contributed by atoms with van der Waals surface area (Å²) >= 11 is 5.42. The number of carbonyl (C=O) groups is 2. The van der Waals surface area contributed by atoms with Crippen molar-refractivity contribution in [2.24, 2.45) is 5.73 Å². The zero-order valence-corrected chi connectivity index (χ0v) is 28.2. The number of esters is 2. The lowest BCUT2D eigenvalue weighted by molar-refractivity contribution is 0.0515. The Morgan fingerprint density at radius 3 is 1.52 bits per heavy atom. The van der Waals surface area contributed by atoms with Crippen LogP contribution in [0.2, 0.25) is 5.28 Å². The SMILES string of the molecule is CCOC(=O)c1cnc(CC2(c3ccc(C)cc3)CC2)nc1.CCOC(=O)c1cnc(Cl)nc1.Cc1ccc(C2(N)CC2)cc1.Cl. The molecule has 0 unspecified atom stereocenters. The Labute approximate surface area is 281 Å². The summed E-state index contributed by atoms with van der Waals surface area (Å²) in [7, 11) is 0. The molecule has 0 spiro atoms. The predicted octanol–water partition coefficient (Wildman–Crippen LogP) is 6.91. The molecule has 2 N–H and O–H groups in total. The zero-order chi connectivity index (χ0) is 32.5. The van der Waals surface area contributed by atoms with Gasteiger partial charge < -0.3 is 15.2 Å². The van der Waals surface area contributed by atoms with Gasteiger partial charge in [-0.05, 0) is 76.1 Å². The molecule has 2 aromatic heterocycles. The second kappa shape index (κ2) is 16.6. The molecule has 244 valence electrons. The molecule has 0 saturated heterocycles. The third-order valence-electron chi connectivity index (χ3n) is 7.78. The van der Waals surface area contributed by atoms with Gasteiger partial charge in [-0.2, -0.15) is 0 Å². The highest BCUT2D eigenvalue weighted by Crippen LogP contribution is 2.50. The predicted molar refractivity (Wildman–Crippen MR) is 180 cm³/mol. The lowest BCUT2D eigenvalue weighted by Crippen LogP contribution is -2.18. The van der Waals surface area contributed by atoms with Crippen molar-refractivity contribution < 1.29 is 19.1 Å². The third-order valence-corrected chi connectivity index (χ3v) is 7.97. The summed E-state index contributed by atoms with van der Waals surface area (Å²) in [5, 5.41) is 0.114. The molecule has 6 rings (SSSR count). The fraction of sp³-hybridized carbons (Fsp3) is 0.371. The van der Waals surface area contributed by atoms with E-state index in [1.54, 1.807) is 26.2 Å². The van der Waals surface area contributed by atoms with E-state index >= 15 is 0 Å². The molecule has 2 saturated carbocycles. The van der Waals surface area contributed by atoms with Gasteiger partial charge in [0.2, 0.25) is 5.28 Å². The van der Waals surface area contributed by atoms with Crippen LogP contribution in [0.1, 0.15) is 88.3 Å². The van der Waals surface area contributed by atoms with Crippen LogP contribution in [0, 0.1) is 13.8 Å². The number of hydrogen-bond acceptors (Lipinski definition) is 9. The molecule has 0 bridgehead atoms. The van der Waals surface area contributed by atoms with Crippen molar-refractivity contribution in [1.29, 1.82) is 0 Å². The topological polar surface area (TPSA) is 130 Å². The number of nitrogens with zero attached hydrogens (tertiary/aromatic N) is 4.